The van der Waals surface area contributed by atoms with E-state index in [9.17, 15) is 5.11 Å². The van der Waals surface area contributed by atoms with Gasteiger partial charge in [0.25, 0.3) is 0 Å². The minimum absolute atomic E-state index is 0.106. The van der Waals surface area contributed by atoms with Crippen molar-refractivity contribution in [2.75, 3.05) is 7.11 Å². The van der Waals surface area contributed by atoms with E-state index in [1.54, 1.807) is 19.2 Å². The normalized spacial score (nSPS) is 11.0. The smallest absolute Gasteiger partial charge is 0.126 e. The fourth-order valence-corrected chi connectivity index (χ4v) is 2.34. The van der Waals surface area contributed by atoms with Crippen LogP contribution in [-0.4, -0.2) is 17.3 Å². The molecule has 0 saturated carbocycles. The lowest BCUT2D eigenvalue weighted by molar-refractivity contribution is 0.275. The first-order valence-corrected chi connectivity index (χ1v) is 7.45. The fourth-order valence-electron chi connectivity index (χ4n) is 2.34. The Morgan fingerprint density at radius 1 is 1.09 bits per heavy atom. The van der Waals surface area contributed by atoms with Gasteiger partial charge in [0.05, 0.1) is 13.7 Å². The molecule has 0 unspecified atom stereocenters. The Kier molecular flexibility index (Phi) is 5.61. The summed E-state index contributed by atoms with van der Waals surface area (Å²) in [4.78, 5) is 0. The van der Waals surface area contributed by atoms with Crippen LogP contribution in [0.15, 0.2) is 36.4 Å². The van der Waals surface area contributed by atoms with Gasteiger partial charge >= 0.3 is 0 Å². The zero-order chi connectivity index (χ0) is 15.9. The van der Waals surface area contributed by atoms with Crippen molar-refractivity contribution in [2.24, 2.45) is 0 Å². The molecule has 22 heavy (non-hydrogen) atoms. The number of aryl methyl sites for hydroxylation is 1. The van der Waals surface area contributed by atoms with Gasteiger partial charge in [0.15, 0.2) is 0 Å². The van der Waals surface area contributed by atoms with Crippen LogP contribution in [0.25, 0.3) is 12.2 Å². The Labute approximate surface area is 131 Å². The molecule has 3 nitrogen and oxygen atoms in total. The summed E-state index contributed by atoms with van der Waals surface area (Å²) in [5.41, 5.74) is 3.66. The van der Waals surface area contributed by atoms with Crippen LogP contribution in [0.1, 0.15) is 35.6 Å². The molecule has 0 atom stereocenters. The van der Waals surface area contributed by atoms with E-state index in [0.717, 1.165) is 29.7 Å². The van der Waals surface area contributed by atoms with Gasteiger partial charge in [0.1, 0.15) is 11.5 Å². The molecule has 0 aliphatic heterocycles. The van der Waals surface area contributed by atoms with E-state index in [1.165, 1.54) is 5.56 Å². The van der Waals surface area contributed by atoms with Crippen molar-refractivity contribution in [3.63, 3.8) is 0 Å². The van der Waals surface area contributed by atoms with Gasteiger partial charge in [0, 0.05) is 11.1 Å². The second-order valence-corrected chi connectivity index (χ2v) is 5.21. The Balaban J connectivity index is 2.24. The van der Waals surface area contributed by atoms with Crippen molar-refractivity contribution < 1.29 is 14.9 Å². The largest absolute Gasteiger partial charge is 0.508 e. The maximum atomic E-state index is 9.77. The minimum Gasteiger partial charge on any atom is -0.508 e. The Hall–Kier alpha value is -2.26. The lowest BCUT2D eigenvalue weighted by Gasteiger charge is -2.08. The van der Waals surface area contributed by atoms with Gasteiger partial charge in [-0.25, -0.2) is 0 Å². The predicted molar refractivity (Wildman–Crippen MR) is 89.9 cm³/mol. The summed E-state index contributed by atoms with van der Waals surface area (Å²) in [6.07, 6.45) is 6.02. The molecule has 3 heteroatoms. The highest BCUT2D eigenvalue weighted by atomic mass is 16.5. The third-order valence-electron chi connectivity index (χ3n) is 3.57. The number of ether oxygens (including phenoxy) is 1. The summed E-state index contributed by atoms with van der Waals surface area (Å²) in [7, 11) is 1.67. The van der Waals surface area contributed by atoms with Gasteiger partial charge in [-0.1, -0.05) is 49.8 Å². The molecular weight excluding hydrogens is 276 g/mol. The van der Waals surface area contributed by atoms with Crippen LogP contribution < -0.4 is 4.74 Å². The highest BCUT2D eigenvalue weighted by Crippen LogP contribution is 2.25. The molecule has 0 radical (unpaired) electrons. The molecule has 0 aliphatic rings. The molecular formula is C19H22O3. The molecule has 0 fully saturated rings. The molecule has 2 rings (SSSR count). The number of phenols is 1. The second kappa shape index (κ2) is 7.66. The maximum absolute atomic E-state index is 9.77. The molecule has 0 amide bonds. The number of benzene rings is 2. The van der Waals surface area contributed by atoms with Crippen LogP contribution in [0.3, 0.4) is 0 Å². The lowest BCUT2D eigenvalue weighted by Crippen LogP contribution is -1.90. The average molecular weight is 298 g/mol. The van der Waals surface area contributed by atoms with Crippen molar-refractivity contribution in [1.29, 1.82) is 0 Å². The summed E-state index contributed by atoms with van der Waals surface area (Å²) in [5, 5.41) is 18.8. The van der Waals surface area contributed by atoms with Crippen LogP contribution >= 0.6 is 0 Å². The Morgan fingerprint density at radius 3 is 2.55 bits per heavy atom. The maximum Gasteiger partial charge on any atom is 0.126 e. The lowest BCUT2D eigenvalue weighted by atomic mass is 10.0. The van der Waals surface area contributed by atoms with E-state index in [0.29, 0.717) is 5.56 Å². The average Bonchev–Trinajstić information content (AvgIpc) is 2.54. The summed E-state index contributed by atoms with van der Waals surface area (Å²) in [6.45, 7) is 1.99. The van der Waals surface area contributed by atoms with Crippen molar-refractivity contribution >= 4 is 12.2 Å². The van der Waals surface area contributed by atoms with E-state index in [2.05, 4.69) is 19.1 Å². The standard InChI is InChI=1S/C19H22O3/c1-3-4-14-5-8-16(19(12-14)22-2)9-6-15-7-10-17(13-20)18(21)11-15/h5-12,20-21H,3-4,13H2,1-2H3. The van der Waals surface area contributed by atoms with Gasteiger partial charge in [0.2, 0.25) is 0 Å². The third-order valence-corrected chi connectivity index (χ3v) is 3.57. The van der Waals surface area contributed by atoms with Crippen LogP contribution in [0.2, 0.25) is 0 Å². The molecule has 0 spiro atoms. The summed E-state index contributed by atoms with van der Waals surface area (Å²) in [5.74, 6) is 0.952. The number of hydrogen-bond acceptors (Lipinski definition) is 3. The first-order chi connectivity index (χ1) is 10.7. The van der Waals surface area contributed by atoms with E-state index in [-0.39, 0.29) is 12.4 Å². The van der Waals surface area contributed by atoms with E-state index in [4.69, 9.17) is 9.84 Å². The Bertz CT molecular complexity index is 660. The number of aliphatic hydroxyl groups is 1. The summed E-state index contributed by atoms with van der Waals surface area (Å²) in [6, 6.07) is 11.4. The molecule has 0 aliphatic carbocycles. The molecule has 116 valence electrons. The topological polar surface area (TPSA) is 49.7 Å². The van der Waals surface area contributed by atoms with E-state index in [1.807, 2.05) is 24.3 Å². The minimum atomic E-state index is -0.164. The van der Waals surface area contributed by atoms with Crippen molar-refractivity contribution in [2.45, 2.75) is 26.4 Å². The number of aliphatic hydroxyl groups excluding tert-OH is 1. The molecule has 2 aromatic rings. The Morgan fingerprint density at radius 2 is 1.91 bits per heavy atom. The van der Waals surface area contributed by atoms with E-state index >= 15 is 0 Å². The van der Waals surface area contributed by atoms with Crippen LogP contribution in [0.4, 0.5) is 0 Å². The zero-order valence-electron chi connectivity index (χ0n) is 13.0. The summed E-state index contributed by atoms with van der Waals surface area (Å²) < 4.78 is 5.45. The van der Waals surface area contributed by atoms with Crippen molar-refractivity contribution in [3.05, 3.63) is 58.7 Å². The number of hydrogen-bond donors (Lipinski definition) is 2. The van der Waals surface area contributed by atoms with Crippen LogP contribution in [-0.2, 0) is 13.0 Å². The molecule has 0 saturated heterocycles. The second-order valence-electron chi connectivity index (χ2n) is 5.21. The monoisotopic (exact) mass is 298 g/mol. The van der Waals surface area contributed by atoms with Crippen molar-refractivity contribution in [3.8, 4) is 11.5 Å². The molecule has 0 aromatic heterocycles. The predicted octanol–water partition coefficient (Wildman–Crippen LogP) is 4.02. The SMILES string of the molecule is CCCc1ccc(C=Cc2ccc(CO)c(O)c2)c(OC)c1. The summed E-state index contributed by atoms with van der Waals surface area (Å²) >= 11 is 0. The zero-order valence-corrected chi connectivity index (χ0v) is 13.0. The first-order valence-electron chi connectivity index (χ1n) is 7.45. The van der Waals surface area contributed by atoms with E-state index < -0.39 is 0 Å². The quantitative estimate of drug-likeness (QED) is 0.792. The van der Waals surface area contributed by atoms with Crippen LogP contribution in [0, 0.1) is 0 Å². The van der Waals surface area contributed by atoms with Gasteiger partial charge in [-0.05, 0) is 29.7 Å². The van der Waals surface area contributed by atoms with Gasteiger partial charge in [-0.3, -0.25) is 0 Å². The third kappa shape index (κ3) is 3.89. The molecule has 0 bridgehead atoms. The number of aromatic hydroxyl groups is 1. The van der Waals surface area contributed by atoms with Gasteiger partial charge in [-0.2, -0.15) is 0 Å². The highest BCUT2D eigenvalue weighted by Gasteiger charge is 2.03. The molecule has 0 heterocycles. The van der Waals surface area contributed by atoms with Crippen LogP contribution in [0.5, 0.6) is 11.5 Å². The highest BCUT2D eigenvalue weighted by molar-refractivity contribution is 5.73. The molecule has 2 aromatic carbocycles. The fraction of sp³-hybridized carbons (Fsp3) is 0.263. The first kappa shape index (κ1) is 16.1. The number of methoxy groups -OCH3 is 1. The number of rotatable bonds is 6. The molecule has 2 N–H and O–H groups in total. The van der Waals surface area contributed by atoms with Gasteiger partial charge in [-0.15, -0.1) is 0 Å². The van der Waals surface area contributed by atoms with Gasteiger partial charge < -0.3 is 14.9 Å². The van der Waals surface area contributed by atoms with Crippen molar-refractivity contribution in [1.82, 2.24) is 0 Å².